The third-order valence-corrected chi connectivity index (χ3v) is 3.46. The standard InChI is InChI=1S/C16H22BrNO3/c1-2-3-4-5-11-21-15(19)9-10-18-16(20)13-7-6-8-14(17)12-13/h6-8,12H,2-5,9-11H2,1H3,(H,18,20). The summed E-state index contributed by atoms with van der Waals surface area (Å²) in [6.45, 7) is 2.90. The Bertz CT molecular complexity index is 463. The molecule has 1 amide bonds. The Morgan fingerprint density at radius 3 is 2.76 bits per heavy atom. The summed E-state index contributed by atoms with van der Waals surface area (Å²) in [7, 11) is 0. The molecular weight excluding hydrogens is 334 g/mol. The van der Waals surface area contributed by atoms with Crippen LogP contribution in [0, 0.1) is 0 Å². The number of ether oxygens (including phenoxy) is 1. The van der Waals surface area contributed by atoms with E-state index in [1.165, 1.54) is 6.42 Å². The molecule has 0 fully saturated rings. The van der Waals surface area contributed by atoms with Crippen LogP contribution in [0.2, 0.25) is 0 Å². The summed E-state index contributed by atoms with van der Waals surface area (Å²) >= 11 is 3.31. The van der Waals surface area contributed by atoms with Crippen LogP contribution in [-0.2, 0) is 9.53 Å². The van der Waals surface area contributed by atoms with Crippen molar-refractivity contribution in [2.75, 3.05) is 13.2 Å². The Morgan fingerprint density at radius 2 is 2.05 bits per heavy atom. The predicted molar refractivity (Wildman–Crippen MR) is 86.2 cm³/mol. The Hall–Kier alpha value is -1.36. The molecule has 0 aromatic heterocycles. The van der Waals surface area contributed by atoms with Crippen molar-refractivity contribution < 1.29 is 14.3 Å². The van der Waals surface area contributed by atoms with Crippen LogP contribution in [0.4, 0.5) is 0 Å². The number of unbranched alkanes of at least 4 members (excludes halogenated alkanes) is 3. The van der Waals surface area contributed by atoms with Crippen molar-refractivity contribution in [2.24, 2.45) is 0 Å². The Balaban J connectivity index is 2.15. The zero-order valence-electron chi connectivity index (χ0n) is 12.4. The number of halogens is 1. The van der Waals surface area contributed by atoms with Gasteiger partial charge < -0.3 is 10.1 Å². The van der Waals surface area contributed by atoms with Crippen molar-refractivity contribution in [3.63, 3.8) is 0 Å². The van der Waals surface area contributed by atoms with Crippen molar-refractivity contribution in [3.8, 4) is 0 Å². The van der Waals surface area contributed by atoms with E-state index in [1.807, 2.05) is 6.07 Å². The molecule has 1 N–H and O–H groups in total. The van der Waals surface area contributed by atoms with Gasteiger partial charge in [-0.3, -0.25) is 9.59 Å². The maximum absolute atomic E-state index is 11.8. The van der Waals surface area contributed by atoms with Crippen molar-refractivity contribution >= 4 is 27.8 Å². The minimum absolute atomic E-state index is 0.188. The molecule has 0 aliphatic carbocycles. The number of amides is 1. The largest absolute Gasteiger partial charge is 0.466 e. The summed E-state index contributed by atoms with van der Waals surface area (Å²) in [6.07, 6.45) is 4.52. The quantitative estimate of drug-likeness (QED) is 0.542. The fourth-order valence-corrected chi connectivity index (χ4v) is 2.20. The van der Waals surface area contributed by atoms with Gasteiger partial charge in [0.15, 0.2) is 0 Å². The first-order valence-corrected chi connectivity index (χ1v) is 8.12. The summed E-state index contributed by atoms with van der Waals surface area (Å²) in [5.74, 6) is -0.451. The first-order valence-electron chi connectivity index (χ1n) is 7.33. The zero-order chi connectivity index (χ0) is 15.5. The Kier molecular flexibility index (Phi) is 8.74. The number of esters is 1. The summed E-state index contributed by atoms with van der Waals surface area (Å²) in [6, 6.07) is 7.11. The summed E-state index contributed by atoms with van der Waals surface area (Å²) in [5, 5.41) is 2.71. The van der Waals surface area contributed by atoms with Crippen LogP contribution in [0.25, 0.3) is 0 Å². The van der Waals surface area contributed by atoms with E-state index in [2.05, 4.69) is 28.2 Å². The van der Waals surface area contributed by atoms with Crippen LogP contribution in [0.5, 0.6) is 0 Å². The monoisotopic (exact) mass is 355 g/mol. The van der Waals surface area contributed by atoms with Crippen molar-refractivity contribution in [2.45, 2.75) is 39.0 Å². The van der Waals surface area contributed by atoms with E-state index in [0.717, 1.165) is 23.7 Å². The summed E-state index contributed by atoms with van der Waals surface area (Å²) in [5.41, 5.74) is 0.567. The third-order valence-electron chi connectivity index (χ3n) is 2.96. The molecule has 4 nitrogen and oxygen atoms in total. The second-order valence-corrected chi connectivity index (χ2v) is 5.71. The van der Waals surface area contributed by atoms with Crippen LogP contribution >= 0.6 is 15.9 Å². The lowest BCUT2D eigenvalue weighted by Crippen LogP contribution is -2.26. The smallest absolute Gasteiger partial charge is 0.307 e. The molecule has 1 aromatic rings. The molecule has 0 atom stereocenters. The molecular formula is C16H22BrNO3. The average Bonchev–Trinajstić information content (AvgIpc) is 2.47. The van der Waals surface area contributed by atoms with E-state index in [9.17, 15) is 9.59 Å². The number of carbonyl (C=O) groups is 2. The lowest BCUT2D eigenvalue weighted by molar-refractivity contribution is -0.143. The molecule has 1 aromatic carbocycles. The van der Waals surface area contributed by atoms with Crippen LogP contribution < -0.4 is 5.32 Å². The van der Waals surface area contributed by atoms with E-state index in [1.54, 1.807) is 18.2 Å². The predicted octanol–water partition coefficient (Wildman–Crippen LogP) is 3.69. The van der Waals surface area contributed by atoms with Gasteiger partial charge in [0.1, 0.15) is 0 Å². The molecule has 5 heteroatoms. The van der Waals surface area contributed by atoms with E-state index < -0.39 is 0 Å². The first kappa shape index (κ1) is 17.7. The molecule has 21 heavy (non-hydrogen) atoms. The molecule has 0 saturated heterocycles. The number of benzene rings is 1. The van der Waals surface area contributed by atoms with Gasteiger partial charge in [0.25, 0.3) is 5.91 Å². The second-order valence-electron chi connectivity index (χ2n) is 4.80. The van der Waals surface area contributed by atoms with Gasteiger partial charge in [-0.2, -0.15) is 0 Å². The second kappa shape index (κ2) is 10.4. The molecule has 0 spiro atoms. The molecule has 0 aliphatic rings. The molecule has 1 rings (SSSR count). The Labute approximate surface area is 134 Å². The highest BCUT2D eigenvalue weighted by atomic mass is 79.9. The molecule has 0 aliphatic heterocycles. The van der Waals surface area contributed by atoms with Gasteiger partial charge in [-0.05, 0) is 24.6 Å². The van der Waals surface area contributed by atoms with Crippen LogP contribution in [-0.4, -0.2) is 25.0 Å². The van der Waals surface area contributed by atoms with Crippen LogP contribution in [0.15, 0.2) is 28.7 Å². The highest BCUT2D eigenvalue weighted by Crippen LogP contribution is 2.11. The summed E-state index contributed by atoms with van der Waals surface area (Å²) < 4.78 is 5.95. The van der Waals surface area contributed by atoms with Crippen LogP contribution in [0.1, 0.15) is 49.4 Å². The number of nitrogens with one attached hydrogen (secondary N) is 1. The maximum atomic E-state index is 11.8. The van der Waals surface area contributed by atoms with Gasteiger partial charge >= 0.3 is 5.97 Å². The van der Waals surface area contributed by atoms with Crippen LogP contribution in [0.3, 0.4) is 0 Å². The van der Waals surface area contributed by atoms with Gasteiger partial charge in [0.05, 0.1) is 13.0 Å². The van der Waals surface area contributed by atoms with Crippen molar-refractivity contribution in [1.82, 2.24) is 5.32 Å². The van der Waals surface area contributed by atoms with E-state index in [4.69, 9.17) is 4.74 Å². The number of rotatable bonds is 9. The lowest BCUT2D eigenvalue weighted by Gasteiger charge is -2.06. The zero-order valence-corrected chi connectivity index (χ0v) is 13.9. The average molecular weight is 356 g/mol. The lowest BCUT2D eigenvalue weighted by atomic mass is 10.2. The SMILES string of the molecule is CCCCCCOC(=O)CCNC(=O)c1cccc(Br)c1. The Morgan fingerprint density at radius 1 is 1.24 bits per heavy atom. The minimum Gasteiger partial charge on any atom is -0.466 e. The molecule has 0 bridgehead atoms. The molecule has 0 radical (unpaired) electrons. The van der Waals surface area contributed by atoms with Gasteiger partial charge in [0, 0.05) is 16.6 Å². The van der Waals surface area contributed by atoms with Gasteiger partial charge in [-0.15, -0.1) is 0 Å². The van der Waals surface area contributed by atoms with Gasteiger partial charge in [-0.1, -0.05) is 48.2 Å². The fourth-order valence-electron chi connectivity index (χ4n) is 1.80. The van der Waals surface area contributed by atoms with Gasteiger partial charge in [0.2, 0.25) is 0 Å². The van der Waals surface area contributed by atoms with Crippen molar-refractivity contribution in [3.05, 3.63) is 34.3 Å². The topological polar surface area (TPSA) is 55.4 Å². The third kappa shape index (κ3) is 7.85. The number of hydrogen-bond donors (Lipinski definition) is 1. The highest BCUT2D eigenvalue weighted by molar-refractivity contribution is 9.10. The van der Waals surface area contributed by atoms with E-state index in [0.29, 0.717) is 18.7 Å². The number of carbonyl (C=O) groups excluding carboxylic acids is 2. The van der Waals surface area contributed by atoms with E-state index >= 15 is 0 Å². The summed E-state index contributed by atoms with van der Waals surface area (Å²) in [4.78, 5) is 23.3. The first-order chi connectivity index (χ1) is 10.1. The van der Waals surface area contributed by atoms with E-state index in [-0.39, 0.29) is 18.3 Å². The number of hydrogen-bond acceptors (Lipinski definition) is 3. The molecule has 0 unspecified atom stereocenters. The maximum Gasteiger partial charge on any atom is 0.307 e. The normalized spacial score (nSPS) is 10.2. The molecule has 0 heterocycles. The highest BCUT2D eigenvalue weighted by Gasteiger charge is 2.07. The van der Waals surface area contributed by atoms with Gasteiger partial charge in [-0.25, -0.2) is 0 Å². The molecule has 116 valence electrons. The molecule has 0 saturated carbocycles. The van der Waals surface area contributed by atoms with Crippen molar-refractivity contribution in [1.29, 1.82) is 0 Å². The fraction of sp³-hybridized carbons (Fsp3) is 0.500. The minimum atomic E-state index is -0.263.